The molecule has 0 N–H and O–H groups in total. The van der Waals surface area contributed by atoms with Crippen LogP contribution >= 0.6 is 11.6 Å². The van der Waals surface area contributed by atoms with Gasteiger partial charge < -0.3 is 9.64 Å². The Morgan fingerprint density at radius 2 is 2.53 bits per heavy atom. The maximum atomic E-state index is 11.9. The van der Waals surface area contributed by atoms with Gasteiger partial charge in [0.15, 0.2) is 0 Å². The van der Waals surface area contributed by atoms with E-state index >= 15 is 0 Å². The highest BCUT2D eigenvalue weighted by molar-refractivity contribution is 6.18. The van der Waals surface area contributed by atoms with Crippen LogP contribution in [0.2, 0.25) is 0 Å². The van der Waals surface area contributed by atoms with Gasteiger partial charge in [-0.15, -0.1) is 11.6 Å². The number of carbonyl (C=O) groups is 1. The van der Waals surface area contributed by atoms with E-state index in [1.165, 1.54) is 0 Å². The van der Waals surface area contributed by atoms with Gasteiger partial charge in [0.2, 0.25) is 5.88 Å². The van der Waals surface area contributed by atoms with Crippen molar-refractivity contribution in [3.05, 3.63) is 23.9 Å². The summed E-state index contributed by atoms with van der Waals surface area (Å²) in [6.45, 7) is 0.485. The first kappa shape index (κ1) is 10.2. The second-order valence-corrected chi connectivity index (χ2v) is 3.74. The number of alkyl halides is 1. The third kappa shape index (κ3) is 1.90. The summed E-state index contributed by atoms with van der Waals surface area (Å²) < 4.78 is 5.54. The second-order valence-electron chi connectivity index (χ2n) is 3.44. The van der Waals surface area contributed by atoms with Crippen LogP contribution in [0.4, 0.5) is 0 Å². The van der Waals surface area contributed by atoms with Crippen LogP contribution < -0.4 is 4.74 Å². The topological polar surface area (TPSA) is 42.4 Å². The summed E-state index contributed by atoms with van der Waals surface area (Å²) in [5.74, 6) is 0.636. The molecule has 1 aliphatic rings. The van der Waals surface area contributed by atoms with Crippen molar-refractivity contribution >= 4 is 17.5 Å². The number of rotatable bonds is 1. The molecule has 1 amide bonds. The Labute approximate surface area is 92.8 Å². The Bertz CT molecular complexity index is 383. The Morgan fingerprint density at radius 3 is 3.27 bits per heavy atom. The number of hydrogen-bond donors (Lipinski definition) is 0. The molecule has 1 aromatic heterocycles. The molecule has 1 aliphatic heterocycles. The van der Waals surface area contributed by atoms with Gasteiger partial charge in [0.05, 0.1) is 12.4 Å². The quantitative estimate of drug-likeness (QED) is 0.675. The van der Waals surface area contributed by atoms with E-state index in [0.29, 0.717) is 23.9 Å². The second kappa shape index (κ2) is 4.06. The van der Waals surface area contributed by atoms with Crippen molar-refractivity contribution in [1.82, 2.24) is 9.88 Å². The highest BCUT2D eigenvalue weighted by atomic mass is 35.5. The number of halogens is 1. The molecule has 1 unspecified atom stereocenters. The molecule has 0 aliphatic carbocycles. The van der Waals surface area contributed by atoms with Crippen LogP contribution in [0.3, 0.4) is 0 Å². The van der Waals surface area contributed by atoms with E-state index in [1.54, 1.807) is 30.3 Å². The van der Waals surface area contributed by atoms with Gasteiger partial charge in [0.25, 0.3) is 5.91 Å². The van der Waals surface area contributed by atoms with E-state index in [1.807, 2.05) is 0 Å². The Hall–Kier alpha value is -1.29. The minimum atomic E-state index is -0.197. The standard InChI is InChI=1S/C10H11ClN2O2/c1-13-6-7(5-11)15-9-8(10(13)14)3-2-4-12-9/h2-4,7H,5-6H2,1H3. The van der Waals surface area contributed by atoms with Crippen molar-refractivity contribution in [2.45, 2.75) is 6.10 Å². The number of ether oxygens (including phenoxy) is 1. The molecule has 5 heteroatoms. The summed E-state index contributed by atoms with van der Waals surface area (Å²) in [5.41, 5.74) is 0.493. The molecule has 0 radical (unpaired) electrons. The lowest BCUT2D eigenvalue weighted by Crippen LogP contribution is -2.34. The van der Waals surface area contributed by atoms with Gasteiger partial charge >= 0.3 is 0 Å². The Balaban J connectivity index is 2.41. The first-order valence-electron chi connectivity index (χ1n) is 4.65. The minimum Gasteiger partial charge on any atom is -0.471 e. The molecule has 2 rings (SSSR count). The van der Waals surface area contributed by atoms with Crippen molar-refractivity contribution < 1.29 is 9.53 Å². The summed E-state index contributed by atoms with van der Waals surface area (Å²) in [6, 6.07) is 3.42. The van der Waals surface area contributed by atoms with Gasteiger partial charge in [0.1, 0.15) is 11.7 Å². The number of likely N-dealkylation sites (N-methyl/N-ethyl adjacent to an activating group) is 1. The largest absolute Gasteiger partial charge is 0.471 e. The van der Waals surface area contributed by atoms with Crippen molar-refractivity contribution in [3.63, 3.8) is 0 Å². The first-order valence-corrected chi connectivity index (χ1v) is 5.19. The molecular weight excluding hydrogens is 216 g/mol. The summed E-state index contributed by atoms with van der Waals surface area (Å²) in [6.07, 6.45) is 1.40. The number of fused-ring (bicyclic) bond motifs is 1. The SMILES string of the molecule is CN1CC(CCl)Oc2ncccc2C1=O. The predicted molar refractivity (Wildman–Crippen MR) is 56.3 cm³/mol. The van der Waals surface area contributed by atoms with E-state index in [-0.39, 0.29) is 12.0 Å². The molecule has 0 saturated carbocycles. The van der Waals surface area contributed by atoms with Gasteiger partial charge in [-0.1, -0.05) is 0 Å². The first-order chi connectivity index (χ1) is 7.22. The maximum Gasteiger partial charge on any atom is 0.259 e. The number of nitrogens with zero attached hydrogens (tertiary/aromatic N) is 2. The average Bonchev–Trinajstić information content (AvgIpc) is 2.38. The molecule has 0 fully saturated rings. The van der Waals surface area contributed by atoms with Crippen LogP contribution in [0.15, 0.2) is 18.3 Å². The molecule has 0 saturated heterocycles. The molecular formula is C10H11ClN2O2. The van der Waals surface area contributed by atoms with Gasteiger partial charge in [-0.05, 0) is 12.1 Å². The van der Waals surface area contributed by atoms with Crippen LogP contribution in [0.25, 0.3) is 0 Å². The molecule has 4 nitrogen and oxygen atoms in total. The van der Waals surface area contributed by atoms with E-state index in [9.17, 15) is 4.79 Å². The smallest absolute Gasteiger partial charge is 0.259 e. The fourth-order valence-electron chi connectivity index (χ4n) is 1.52. The normalized spacial score (nSPS) is 20.5. The molecule has 1 atom stereocenters. The highest BCUT2D eigenvalue weighted by Gasteiger charge is 2.26. The minimum absolute atomic E-state index is 0.0780. The summed E-state index contributed by atoms with van der Waals surface area (Å²) >= 11 is 5.74. The van der Waals surface area contributed by atoms with Crippen molar-refractivity contribution in [3.8, 4) is 5.88 Å². The summed E-state index contributed by atoms with van der Waals surface area (Å²) in [5, 5.41) is 0. The van der Waals surface area contributed by atoms with Gasteiger partial charge in [-0.25, -0.2) is 4.98 Å². The molecule has 80 valence electrons. The van der Waals surface area contributed by atoms with Crippen molar-refractivity contribution in [2.75, 3.05) is 19.5 Å². The predicted octanol–water partition coefficient (Wildman–Crippen LogP) is 1.15. The van der Waals surface area contributed by atoms with E-state index < -0.39 is 0 Å². The average molecular weight is 227 g/mol. The molecule has 0 bridgehead atoms. The third-order valence-electron chi connectivity index (χ3n) is 2.28. The van der Waals surface area contributed by atoms with Gasteiger partial charge in [-0.3, -0.25) is 4.79 Å². The van der Waals surface area contributed by atoms with Gasteiger partial charge in [-0.2, -0.15) is 0 Å². The zero-order chi connectivity index (χ0) is 10.8. The van der Waals surface area contributed by atoms with E-state index in [2.05, 4.69) is 4.98 Å². The number of carbonyl (C=O) groups excluding carboxylic acids is 1. The zero-order valence-corrected chi connectivity index (χ0v) is 9.07. The molecule has 2 heterocycles. The fraction of sp³-hybridized carbons (Fsp3) is 0.400. The summed E-state index contributed by atoms with van der Waals surface area (Å²) in [4.78, 5) is 17.5. The van der Waals surface area contributed by atoms with Crippen molar-refractivity contribution in [2.24, 2.45) is 0 Å². The lowest BCUT2D eigenvalue weighted by atomic mass is 10.2. The Morgan fingerprint density at radius 1 is 1.73 bits per heavy atom. The molecule has 0 aromatic carbocycles. The maximum absolute atomic E-state index is 11.9. The van der Waals surface area contributed by atoms with Crippen molar-refractivity contribution in [1.29, 1.82) is 0 Å². The van der Waals surface area contributed by atoms with Crippen LogP contribution in [-0.4, -0.2) is 41.4 Å². The van der Waals surface area contributed by atoms with Crippen LogP contribution in [-0.2, 0) is 0 Å². The van der Waals surface area contributed by atoms with Crippen LogP contribution in [0.5, 0.6) is 5.88 Å². The lowest BCUT2D eigenvalue weighted by Gasteiger charge is -2.17. The molecule has 15 heavy (non-hydrogen) atoms. The number of amides is 1. The van der Waals surface area contributed by atoms with Crippen LogP contribution in [0.1, 0.15) is 10.4 Å². The van der Waals surface area contributed by atoms with E-state index in [0.717, 1.165) is 0 Å². The lowest BCUT2D eigenvalue weighted by molar-refractivity contribution is 0.0771. The molecule has 1 aromatic rings. The highest BCUT2D eigenvalue weighted by Crippen LogP contribution is 2.21. The summed E-state index contributed by atoms with van der Waals surface area (Å²) in [7, 11) is 1.73. The monoisotopic (exact) mass is 226 g/mol. The van der Waals surface area contributed by atoms with Gasteiger partial charge in [0, 0.05) is 13.2 Å². The van der Waals surface area contributed by atoms with Crippen LogP contribution in [0, 0.1) is 0 Å². The third-order valence-corrected chi connectivity index (χ3v) is 2.62. The number of hydrogen-bond acceptors (Lipinski definition) is 3. The number of pyridine rings is 1. The molecule has 0 spiro atoms. The zero-order valence-electron chi connectivity index (χ0n) is 8.31. The fourth-order valence-corrected chi connectivity index (χ4v) is 1.68. The number of aromatic nitrogens is 1. The van der Waals surface area contributed by atoms with E-state index in [4.69, 9.17) is 16.3 Å². The Kier molecular flexibility index (Phi) is 2.77.